The van der Waals surface area contributed by atoms with Gasteiger partial charge < -0.3 is 43.6 Å². The highest BCUT2D eigenvalue weighted by atomic mass is 32.2. The third-order valence-electron chi connectivity index (χ3n) is 9.96. The van der Waals surface area contributed by atoms with Gasteiger partial charge in [0.25, 0.3) is 0 Å². The topological polar surface area (TPSA) is 207 Å². The summed E-state index contributed by atoms with van der Waals surface area (Å²) in [7, 11) is 0. The molecule has 0 amide bonds. The normalized spacial score (nSPS) is 24.8. The van der Waals surface area contributed by atoms with Crippen molar-refractivity contribution >= 4 is 52.8 Å². The first-order chi connectivity index (χ1) is 29.4. The number of ether oxygens (including phenoxy) is 7. The Balaban J connectivity index is 1.18. The minimum absolute atomic E-state index is 0.00691. The Hall–Kier alpha value is -5.24. The summed E-state index contributed by atoms with van der Waals surface area (Å²) in [6, 6.07) is 25.6. The summed E-state index contributed by atoms with van der Waals surface area (Å²) in [6.45, 7) is 4.63. The Morgan fingerprint density at radius 3 is 1.97 bits per heavy atom. The number of esters is 4. The number of aromatic amines is 1. The van der Waals surface area contributed by atoms with Gasteiger partial charge in [0.05, 0.1) is 23.8 Å². The molecule has 324 valence electrons. The number of thiocarbonyl (C=S) groups is 1. The molecule has 3 N–H and O–H groups in total. The Morgan fingerprint density at radius 1 is 0.738 bits per heavy atom. The molecule has 3 aromatic carbocycles. The van der Waals surface area contributed by atoms with Crippen LogP contribution in [0.15, 0.2) is 90.3 Å². The second-order valence-corrected chi connectivity index (χ2v) is 16.0. The van der Waals surface area contributed by atoms with Crippen molar-refractivity contribution in [2.24, 2.45) is 0 Å². The molecule has 9 atom stereocenters. The minimum atomic E-state index is -1.29. The van der Waals surface area contributed by atoms with Gasteiger partial charge in [-0.2, -0.15) is 5.10 Å². The number of hydrogen-bond acceptors (Lipinski definition) is 16. The molecule has 0 radical (unpaired) electrons. The summed E-state index contributed by atoms with van der Waals surface area (Å²) in [5.74, 6) is -2.36. The van der Waals surface area contributed by atoms with E-state index < -0.39 is 66.8 Å². The van der Waals surface area contributed by atoms with E-state index in [1.165, 1.54) is 38.9 Å². The lowest BCUT2D eigenvalue weighted by molar-refractivity contribution is -0.255. The molecule has 2 aliphatic rings. The van der Waals surface area contributed by atoms with Gasteiger partial charge in [-0.25, -0.2) is 4.98 Å². The Labute approximate surface area is 362 Å². The van der Waals surface area contributed by atoms with Crippen LogP contribution in [-0.4, -0.2) is 98.1 Å². The lowest BCUT2D eigenvalue weighted by atomic mass is 9.84. The standard InChI is InChI=1S/C43H48N4O12S2/c1-24(49)53-21-34-40(55-26(3)51)41(56-27(4)52)39(54-25(2)50)33(57-34)18-36(60)44-19-28-10-16-32(17-11-28)42-58-35(22-61-43-45-23-46-47-43)37(30-8-6-5-7-9-30)38(59-42)31-14-12-29(20-48)13-15-31/h5-17,23,33-35,37-42,48H,18-22H2,1-4H3,(H,44,60)(H,45,46,47). The first-order valence-corrected chi connectivity index (χ1v) is 21.0. The molecule has 0 spiro atoms. The molecule has 0 bridgehead atoms. The smallest absolute Gasteiger partial charge is 0.303 e. The molecule has 3 heterocycles. The number of nitrogens with zero attached hydrogens (tertiary/aromatic N) is 2. The van der Waals surface area contributed by atoms with Crippen LogP contribution < -0.4 is 5.32 Å². The Kier molecular flexibility index (Phi) is 16.0. The van der Waals surface area contributed by atoms with Crippen LogP contribution in [0.5, 0.6) is 0 Å². The first kappa shape index (κ1) is 45.3. The molecule has 2 fully saturated rings. The van der Waals surface area contributed by atoms with Crippen molar-refractivity contribution < 1.29 is 57.4 Å². The highest BCUT2D eigenvalue weighted by Gasteiger charge is 2.52. The number of aliphatic hydroxyl groups is 1. The molecular formula is C43H48N4O12S2. The Morgan fingerprint density at radius 2 is 1.36 bits per heavy atom. The lowest BCUT2D eigenvalue weighted by Gasteiger charge is -2.44. The summed E-state index contributed by atoms with van der Waals surface area (Å²) < 4.78 is 41.6. The Bertz CT molecular complexity index is 2090. The average Bonchev–Trinajstić information content (AvgIpc) is 3.77. The molecule has 0 saturated carbocycles. The molecule has 9 unspecified atom stereocenters. The second-order valence-electron chi connectivity index (χ2n) is 14.5. The number of H-pyrrole nitrogens is 1. The third-order valence-corrected chi connectivity index (χ3v) is 11.2. The van der Waals surface area contributed by atoms with Gasteiger partial charge in [-0.3, -0.25) is 24.3 Å². The van der Waals surface area contributed by atoms with Crippen LogP contribution >= 0.6 is 24.0 Å². The fourth-order valence-electron chi connectivity index (χ4n) is 7.31. The van der Waals surface area contributed by atoms with Gasteiger partial charge in [0.15, 0.2) is 29.8 Å². The van der Waals surface area contributed by atoms with Gasteiger partial charge >= 0.3 is 23.9 Å². The summed E-state index contributed by atoms with van der Waals surface area (Å²) in [4.78, 5) is 52.9. The molecule has 16 nitrogen and oxygen atoms in total. The maximum absolute atomic E-state index is 12.3. The highest BCUT2D eigenvalue weighted by molar-refractivity contribution is 7.99. The quantitative estimate of drug-likeness (QED) is 0.0589. The molecular weight excluding hydrogens is 829 g/mol. The van der Waals surface area contributed by atoms with E-state index in [0.717, 1.165) is 34.7 Å². The third kappa shape index (κ3) is 12.4. The van der Waals surface area contributed by atoms with Crippen LogP contribution in [0.3, 0.4) is 0 Å². The van der Waals surface area contributed by atoms with Crippen LogP contribution in [0, 0.1) is 0 Å². The monoisotopic (exact) mass is 876 g/mol. The number of aromatic nitrogens is 3. The maximum Gasteiger partial charge on any atom is 0.303 e. The number of carbonyl (C=O) groups is 4. The van der Waals surface area contributed by atoms with Gasteiger partial charge in [0.2, 0.25) is 0 Å². The predicted octanol–water partition coefficient (Wildman–Crippen LogP) is 4.96. The molecule has 61 heavy (non-hydrogen) atoms. The molecule has 1 aromatic heterocycles. The zero-order valence-corrected chi connectivity index (χ0v) is 35.6. The van der Waals surface area contributed by atoms with Crippen LogP contribution in [0.2, 0.25) is 0 Å². The van der Waals surface area contributed by atoms with Crippen molar-refractivity contribution in [1.82, 2.24) is 20.5 Å². The average molecular weight is 877 g/mol. The SMILES string of the molecule is CC(=O)OCC1OC(CC(=S)NCc2ccc(C3OC(CSc4ncn[nH]4)C(c4ccccc4)C(c4ccc(CO)cc4)O3)cc2)C(OC(C)=O)C(OC(C)=O)C1OC(C)=O. The van der Waals surface area contributed by atoms with Gasteiger partial charge in [-0.1, -0.05) is 103 Å². The summed E-state index contributed by atoms with van der Waals surface area (Å²) in [6.07, 6.45) is -5.78. The van der Waals surface area contributed by atoms with Crippen molar-refractivity contribution in [2.75, 3.05) is 12.4 Å². The molecule has 6 rings (SSSR count). The van der Waals surface area contributed by atoms with E-state index >= 15 is 0 Å². The summed E-state index contributed by atoms with van der Waals surface area (Å²) >= 11 is 7.23. The van der Waals surface area contributed by atoms with Gasteiger partial charge in [0, 0.05) is 57.9 Å². The highest BCUT2D eigenvalue weighted by Crippen LogP contribution is 2.48. The molecule has 4 aromatic rings. The van der Waals surface area contributed by atoms with E-state index in [-0.39, 0.29) is 31.7 Å². The van der Waals surface area contributed by atoms with Gasteiger partial charge in [0.1, 0.15) is 25.1 Å². The van der Waals surface area contributed by atoms with E-state index in [0.29, 0.717) is 22.4 Å². The van der Waals surface area contributed by atoms with Crippen molar-refractivity contribution in [2.45, 2.75) is 107 Å². The molecule has 2 saturated heterocycles. The van der Waals surface area contributed by atoms with Crippen LogP contribution in [-0.2, 0) is 65.5 Å². The zero-order valence-electron chi connectivity index (χ0n) is 34.0. The molecule has 0 aliphatic carbocycles. The van der Waals surface area contributed by atoms with Crippen LogP contribution in [0.1, 0.15) is 80.2 Å². The number of carbonyl (C=O) groups excluding carboxylic acids is 4. The van der Waals surface area contributed by atoms with E-state index in [1.54, 1.807) is 0 Å². The van der Waals surface area contributed by atoms with E-state index in [4.69, 9.17) is 45.4 Å². The van der Waals surface area contributed by atoms with Gasteiger partial charge in [-0.15, -0.1) is 0 Å². The van der Waals surface area contributed by atoms with Crippen molar-refractivity contribution in [3.8, 4) is 0 Å². The zero-order chi connectivity index (χ0) is 43.5. The maximum atomic E-state index is 12.3. The number of aliphatic hydroxyl groups excluding tert-OH is 1. The van der Waals surface area contributed by atoms with Crippen LogP contribution in [0.4, 0.5) is 0 Å². The molecule has 18 heteroatoms. The fraction of sp³-hybridized carbons (Fsp3) is 0.419. The van der Waals surface area contributed by atoms with E-state index in [2.05, 4.69) is 32.6 Å². The number of thioether (sulfide) groups is 1. The van der Waals surface area contributed by atoms with E-state index in [9.17, 15) is 24.3 Å². The number of nitrogens with one attached hydrogen (secondary N) is 2. The molecule has 2 aliphatic heterocycles. The second kappa shape index (κ2) is 21.5. The number of benzene rings is 3. The summed E-state index contributed by atoms with van der Waals surface area (Å²) in [5, 5.41) is 20.5. The van der Waals surface area contributed by atoms with Crippen molar-refractivity contribution in [1.29, 1.82) is 0 Å². The van der Waals surface area contributed by atoms with Crippen LogP contribution in [0.25, 0.3) is 0 Å². The lowest BCUT2D eigenvalue weighted by Crippen LogP contribution is -2.62. The van der Waals surface area contributed by atoms with Crippen molar-refractivity contribution in [3.63, 3.8) is 0 Å². The number of rotatable bonds is 16. The first-order valence-electron chi connectivity index (χ1n) is 19.6. The van der Waals surface area contributed by atoms with Gasteiger partial charge in [-0.05, 0) is 22.3 Å². The summed E-state index contributed by atoms with van der Waals surface area (Å²) in [5.41, 5.74) is 4.46. The fourth-order valence-corrected chi connectivity index (χ4v) is 8.39. The number of hydrogen-bond donors (Lipinski definition) is 3. The largest absolute Gasteiger partial charge is 0.463 e. The minimum Gasteiger partial charge on any atom is -0.463 e. The van der Waals surface area contributed by atoms with Crippen molar-refractivity contribution in [3.05, 3.63) is 113 Å². The predicted molar refractivity (Wildman–Crippen MR) is 223 cm³/mol. The van der Waals surface area contributed by atoms with E-state index in [1.807, 2.05) is 66.7 Å².